The molecule has 5 nitrogen and oxygen atoms in total. The average molecular weight is 468 g/mol. The fraction of sp³-hybridized carbons (Fsp3) is 0.400. The SMILES string of the molecule is CN=C(NCCCCOCCc1ccccc1)NCc1ccccn1.I. The van der Waals surface area contributed by atoms with Crippen LogP contribution in [0.2, 0.25) is 0 Å². The Hall–Kier alpha value is -1.67. The lowest BCUT2D eigenvalue weighted by Crippen LogP contribution is -2.37. The van der Waals surface area contributed by atoms with E-state index in [0.717, 1.165) is 50.7 Å². The summed E-state index contributed by atoms with van der Waals surface area (Å²) in [5.41, 5.74) is 2.32. The monoisotopic (exact) mass is 468 g/mol. The molecule has 1 aromatic heterocycles. The van der Waals surface area contributed by atoms with Crippen molar-refractivity contribution < 1.29 is 4.74 Å². The quantitative estimate of drug-likeness (QED) is 0.243. The Kier molecular flexibility index (Phi) is 12.5. The van der Waals surface area contributed by atoms with Crippen LogP contribution in [0.3, 0.4) is 0 Å². The van der Waals surface area contributed by atoms with Crippen LogP contribution in [0.1, 0.15) is 24.1 Å². The van der Waals surface area contributed by atoms with Gasteiger partial charge >= 0.3 is 0 Å². The molecule has 6 heteroatoms. The molecule has 1 heterocycles. The summed E-state index contributed by atoms with van der Waals surface area (Å²) in [5, 5.41) is 6.57. The van der Waals surface area contributed by atoms with E-state index in [4.69, 9.17) is 4.74 Å². The highest BCUT2D eigenvalue weighted by molar-refractivity contribution is 14.0. The summed E-state index contributed by atoms with van der Waals surface area (Å²) in [7, 11) is 1.78. The van der Waals surface area contributed by atoms with Crippen molar-refractivity contribution in [3.05, 3.63) is 66.0 Å². The highest BCUT2D eigenvalue weighted by Gasteiger charge is 1.98. The van der Waals surface area contributed by atoms with Crippen LogP contribution in [0.25, 0.3) is 0 Å². The third-order valence-corrected chi connectivity index (χ3v) is 3.77. The van der Waals surface area contributed by atoms with Gasteiger partial charge in [0.15, 0.2) is 5.96 Å². The Balaban J connectivity index is 0.00000338. The third-order valence-electron chi connectivity index (χ3n) is 3.77. The maximum Gasteiger partial charge on any atom is 0.191 e. The second-order valence-electron chi connectivity index (χ2n) is 5.73. The maximum absolute atomic E-state index is 5.69. The van der Waals surface area contributed by atoms with E-state index in [1.54, 1.807) is 13.2 Å². The van der Waals surface area contributed by atoms with Gasteiger partial charge in [0.25, 0.3) is 0 Å². The molecule has 0 unspecified atom stereocenters. The van der Waals surface area contributed by atoms with Crippen molar-refractivity contribution in [2.45, 2.75) is 25.8 Å². The molecule has 0 aliphatic carbocycles. The number of benzene rings is 1. The summed E-state index contributed by atoms with van der Waals surface area (Å²) < 4.78 is 5.69. The number of nitrogens with one attached hydrogen (secondary N) is 2. The normalized spacial score (nSPS) is 10.9. The van der Waals surface area contributed by atoms with E-state index in [1.807, 2.05) is 24.3 Å². The van der Waals surface area contributed by atoms with Crippen molar-refractivity contribution in [2.24, 2.45) is 4.99 Å². The second-order valence-corrected chi connectivity index (χ2v) is 5.73. The van der Waals surface area contributed by atoms with E-state index in [1.165, 1.54) is 5.56 Å². The molecule has 0 saturated carbocycles. The van der Waals surface area contributed by atoms with Crippen molar-refractivity contribution in [1.82, 2.24) is 15.6 Å². The number of halogens is 1. The molecule has 0 amide bonds. The molecule has 2 N–H and O–H groups in total. The molecule has 1 aromatic carbocycles. The number of rotatable bonds is 10. The number of ether oxygens (including phenoxy) is 1. The van der Waals surface area contributed by atoms with Crippen LogP contribution in [-0.2, 0) is 17.7 Å². The van der Waals surface area contributed by atoms with Gasteiger partial charge in [0.1, 0.15) is 0 Å². The Morgan fingerprint density at radius 3 is 2.54 bits per heavy atom. The van der Waals surface area contributed by atoms with E-state index in [2.05, 4.69) is 44.9 Å². The van der Waals surface area contributed by atoms with Gasteiger partial charge in [0, 0.05) is 26.4 Å². The largest absolute Gasteiger partial charge is 0.381 e. The van der Waals surface area contributed by atoms with E-state index in [-0.39, 0.29) is 24.0 Å². The van der Waals surface area contributed by atoms with Crippen LogP contribution in [0.5, 0.6) is 0 Å². The number of hydrogen-bond donors (Lipinski definition) is 2. The fourth-order valence-corrected chi connectivity index (χ4v) is 2.37. The van der Waals surface area contributed by atoms with Crippen LogP contribution < -0.4 is 10.6 Å². The molecular formula is C20H29IN4O. The maximum atomic E-state index is 5.69. The summed E-state index contributed by atoms with van der Waals surface area (Å²) in [4.78, 5) is 8.50. The predicted octanol–water partition coefficient (Wildman–Crippen LogP) is 3.40. The van der Waals surface area contributed by atoms with Crippen molar-refractivity contribution in [3.63, 3.8) is 0 Å². The first-order valence-corrected chi connectivity index (χ1v) is 8.84. The zero-order chi connectivity index (χ0) is 17.6. The fourth-order valence-electron chi connectivity index (χ4n) is 2.37. The molecule has 2 rings (SSSR count). The summed E-state index contributed by atoms with van der Waals surface area (Å²) in [5.74, 6) is 0.802. The molecule has 142 valence electrons. The van der Waals surface area contributed by atoms with Gasteiger partial charge in [-0.05, 0) is 37.0 Å². The van der Waals surface area contributed by atoms with Gasteiger partial charge in [-0.1, -0.05) is 36.4 Å². The molecule has 0 fully saturated rings. The number of aromatic nitrogens is 1. The van der Waals surface area contributed by atoms with Crippen molar-refractivity contribution in [2.75, 3.05) is 26.8 Å². The Morgan fingerprint density at radius 1 is 1.00 bits per heavy atom. The van der Waals surface area contributed by atoms with Crippen LogP contribution in [0, 0.1) is 0 Å². The van der Waals surface area contributed by atoms with E-state index in [0.29, 0.717) is 6.54 Å². The molecule has 0 spiro atoms. The van der Waals surface area contributed by atoms with Crippen LogP contribution in [0.4, 0.5) is 0 Å². The summed E-state index contributed by atoms with van der Waals surface area (Å²) >= 11 is 0. The summed E-state index contributed by atoms with van der Waals surface area (Å²) in [6.45, 7) is 3.13. The lowest BCUT2D eigenvalue weighted by Gasteiger charge is -2.11. The summed E-state index contributed by atoms with van der Waals surface area (Å²) in [6, 6.07) is 16.3. The average Bonchev–Trinajstić information content (AvgIpc) is 2.68. The summed E-state index contributed by atoms with van der Waals surface area (Å²) in [6.07, 6.45) is 4.86. The molecule has 2 aromatic rings. The highest BCUT2D eigenvalue weighted by atomic mass is 127. The lowest BCUT2D eigenvalue weighted by atomic mass is 10.2. The number of guanidine groups is 1. The first kappa shape index (κ1) is 22.4. The smallest absolute Gasteiger partial charge is 0.191 e. The zero-order valence-electron chi connectivity index (χ0n) is 15.4. The number of unbranched alkanes of at least 4 members (excludes halogenated alkanes) is 1. The first-order valence-electron chi connectivity index (χ1n) is 8.84. The predicted molar refractivity (Wildman–Crippen MR) is 118 cm³/mol. The van der Waals surface area contributed by atoms with Crippen molar-refractivity contribution >= 4 is 29.9 Å². The topological polar surface area (TPSA) is 58.5 Å². The van der Waals surface area contributed by atoms with Gasteiger partial charge in [-0.2, -0.15) is 0 Å². The molecule has 26 heavy (non-hydrogen) atoms. The zero-order valence-corrected chi connectivity index (χ0v) is 17.7. The van der Waals surface area contributed by atoms with Gasteiger partial charge in [-0.3, -0.25) is 9.98 Å². The lowest BCUT2D eigenvalue weighted by molar-refractivity contribution is 0.133. The second kappa shape index (κ2) is 14.5. The van der Waals surface area contributed by atoms with Gasteiger partial charge in [-0.25, -0.2) is 0 Å². The van der Waals surface area contributed by atoms with Crippen LogP contribution in [-0.4, -0.2) is 37.7 Å². The van der Waals surface area contributed by atoms with E-state index < -0.39 is 0 Å². The minimum atomic E-state index is 0. The number of pyridine rings is 1. The Labute approximate surface area is 173 Å². The highest BCUT2D eigenvalue weighted by Crippen LogP contribution is 2.00. The minimum Gasteiger partial charge on any atom is -0.381 e. The van der Waals surface area contributed by atoms with Gasteiger partial charge in [0.05, 0.1) is 18.8 Å². The van der Waals surface area contributed by atoms with Crippen molar-refractivity contribution in [1.29, 1.82) is 0 Å². The molecule has 0 radical (unpaired) electrons. The van der Waals surface area contributed by atoms with Crippen LogP contribution in [0.15, 0.2) is 59.7 Å². The van der Waals surface area contributed by atoms with Crippen molar-refractivity contribution in [3.8, 4) is 0 Å². The standard InChI is InChI=1S/C20H28N4O.HI/c1-21-20(24-17-19-11-5-6-13-22-19)23-14-7-8-15-25-16-12-18-9-3-2-4-10-18;/h2-6,9-11,13H,7-8,12,14-17H2,1H3,(H2,21,23,24);1H. The molecular weight excluding hydrogens is 439 g/mol. The van der Waals surface area contributed by atoms with E-state index >= 15 is 0 Å². The first-order chi connectivity index (χ1) is 12.4. The van der Waals surface area contributed by atoms with Gasteiger partial charge in [0.2, 0.25) is 0 Å². The minimum absolute atomic E-state index is 0. The van der Waals surface area contributed by atoms with Gasteiger partial charge < -0.3 is 15.4 Å². The Morgan fingerprint density at radius 2 is 1.81 bits per heavy atom. The molecule has 0 atom stereocenters. The number of nitrogens with zero attached hydrogens (tertiary/aromatic N) is 2. The van der Waals surface area contributed by atoms with Gasteiger partial charge in [-0.15, -0.1) is 24.0 Å². The number of hydrogen-bond acceptors (Lipinski definition) is 3. The third kappa shape index (κ3) is 9.72. The molecule has 0 bridgehead atoms. The van der Waals surface area contributed by atoms with E-state index in [9.17, 15) is 0 Å². The molecule has 0 aliphatic rings. The molecule has 0 aliphatic heterocycles. The van der Waals surface area contributed by atoms with Crippen LogP contribution >= 0.6 is 24.0 Å². The Bertz CT molecular complexity index is 608. The number of aliphatic imine (C=N–C) groups is 1. The molecule has 0 saturated heterocycles.